The minimum atomic E-state index is -3.63. The lowest BCUT2D eigenvalue weighted by Crippen LogP contribution is -2.48. The maximum absolute atomic E-state index is 12.9. The number of ether oxygens (including phenoxy) is 1. The topological polar surface area (TPSA) is 78.9 Å². The van der Waals surface area contributed by atoms with Crippen LogP contribution < -0.4 is 9.62 Å². The van der Waals surface area contributed by atoms with E-state index in [1.165, 1.54) is 12.1 Å². The Balaban J connectivity index is 1.34. The summed E-state index contributed by atoms with van der Waals surface area (Å²) in [4.78, 5) is 17.0. The lowest BCUT2D eigenvalue weighted by molar-refractivity contribution is 0.0746. The van der Waals surface area contributed by atoms with Crippen molar-refractivity contribution < 1.29 is 17.9 Å². The molecule has 7 nitrogen and oxygen atoms in total. The average Bonchev–Trinajstić information content (AvgIpc) is 3.31. The van der Waals surface area contributed by atoms with E-state index in [1.54, 1.807) is 17.0 Å². The molecule has 2 heterocycles. The van der Waals surface area contributed by atoms with E-state index in [-0.39, 0.29) is 23.5 Å². The van der Waals surface area contributed by atoms with Crippen molar-refractivity contribution in [1.82, 2.24) is 9.62 Å². The Labute approximate surface area is 188 Å². The van der Waals surface area contributed by atoms with E-state index in [9.17, 15) is 13.2 Å². The van der Waals surface area contributed by atoms with Crippen molar-refractivity contribution in [3.05, 3.63) is 59.1 Å². The van der Waals surface area contributed by atoms with Crippen LogP contribution in [0.1, 0.15) is 23.2 Å². The first-order chi connectivity index (χ1) is 14.9. The Kier molecular flexibility index (Phi) is 6.81. The molecule has 2 aromatic rings. The van der Waals surface area contributed by atoms with E-state index in [2.05, 4.69) is 9.62 Å². The van der Waals surface area contributed by atoms with Crippen LogP contribution in [0, 0.1) is 0 Å². The highest BCUT2D eigenvalue weighted by Crippen LogP contribution is 2.21. The molecular weight excluding hydrogens is 438 g/mol. The molecule has 1 atom stereocenters. The number of carbonyl (C=O) groups is 1. The summed E-state index contributed by atoms with van der Waals surface area (Å²) >= 11 is 6.08. The lowest BCUT2D eigenvalue weighted by Gasteiger charge is -2.36. The second-order valence-corrected chi connectivity index (χ2v) is 9.97. The Bertz CT molecular complexity index is 1020. The molecule has 2 aliphatic heterocycles. The van der Waals surface area contributed by atoms with Gasteiger partial charge in [-0.3, -0.25) is 4.79 Å². The normalized spacial score (nSPS) is 19.6. The summed E-state index contributed by atoms with van der Waals surface area (Å²) in [6.45, 7) is 3.55. The van der Waals surface area contributed by atoms with Gasteiger partial charge in [-0.1, -0.05) is 17.7 Å². The minimum Gasteiger partial charge on any atom is -0.377 e. The summed E-state index contributed by atoms with van der Waals surface area (Å²) in [5.74, 6) is -0.0954. The first-order valence-electron chi connectivity index (χ1n) is 10.4. The van der Waals surface area contributed by atoms with E-state index >= 15 is 0 Å². The number of nitrogens with zero attached hydrogens (tertiary/aromatic N) is 2. The Hall–Kier alpha value is -2.13. The predicted octanol–water partition coefficient (Wildman–Crippen LogP) is 2.76. The maximum atomic E-state index is 12.9. The first-order valence-corrected chi connectivity index (χ1v) is 12.3. The monoisotopic (exact) mass is 463 g/mol. The molecule has 0 saturated carbocycles. The van der Waals surface area contributed by atoms with E-state index in [4.69, 9.17) is 16.3 Å². The highest BCUT2D eigenvalue weighted by Gasteiger charge is 2.24. The van der Waals surface area contributed by atoms with E-state index in [0.29, 0.717) is 43.4 Å². The fraction of sp³-hybridized carbons (Fsp3) is 0.409. The Morgan fingerprint density at radius 3 is 2.48 bits per heavy atom. The molecule has 9 heteroatoms. The third-order valence-electron chi connectivity index (χ3n) is 5.68. The first kappa shape index (κ1) is 22.1. The van der Waals surface area contributed by atoms with E-state index in [1.807, 2.05) is 24.3 Å². The maximum Gasteiger partial charge on any atom is 0.253 e. The second kappa shape index (κ2) is 9.56. The van der Waals surface area contributed by atoms with Gasteiger partial charge in [0.2, 0.25) is 10.0 Å². The number of nitrogens with one attached hydrogen (secondary N) is 1. The zero-order valence-corrected chi connectivity index (χ0v) is 18.7. The summed E-state index contributed by atoms with van der Waals surface area (Å²) < 4.78 is 33.0. The molecule has 166 valence electrons. The minimum absolute atomic E-state index is 0.0683. The molecule has 0 spiro atoms. The highest BCUT2D eigenvalue weighted by molar-refractivity contribution is 7.89. The van der Waals surface area contributed by atoms with Crippen LogP contribution >= 0.6 is 11.6 Å². The molecular formula is C22H26ClN3O4S. The van der Waals surface area contributed by atoms with Gasteiger partial charge in [0, 0.05) is 55.6 Å². The summed E-state index contributed by atoms with van der Waals surface area (Å²) in [5, 5.41) is 0.691. The van der Waals surface area contributed by atoms with Crippen LogP contribution in [-0.2, 0) is 14.8 Å². The fourth-order valence-corrected chi connectivity index (χ4v) is 5.14. The molecule has 0 aliphatic carbocycles. The van der Waals surface area contributed by atoms with Gasteiger partial charge in [0.25, 0.3) is 5.91 Å². The second-order valence-electron chi connectivity index (χ2n) is 7.77. The van der Waals surface area contributed by atoms with Gasteiger partial charge in [-0.25, -0.2) is 13.1 Å². The predicted molar refractivity (Wildman–Crippen MR) is 120 cm³/mol. The molecule has 31 heavy (non-hydrogen) atoms. The van der Waals surface area contributed by atoms with Crippen molar-refractivity contribution in [1.29, 1.82) is 0 Å². The fourth-order valence-electron chi connectivity index (χ4n) is 3.89. The number of halogens is 1. The molecule has 1 N–H and O–H groups in total. The number of amides is 1. The van der Waals surface area contributed by atoms with Crippen LogP contribution in [0.15, 0.2) is 53.4 Å². The quantitative estimate of drug-likeness (QED) is 0.712. The van der Waals surface area contributed by atoms with Crippen LogP contribution in [0.5, 0.6) is 0 Å². The summed E-state index contributed by atoms with van der Waals surface area (Å²) in [5.41, 5.74) is 1.53. The van der Waals surface area contributed by atoms with Crippen molar-refractivity contribution in [2.75, 3.05) is 44.2 Å². The summed E-state index contributed by atoms with van der Waals surface area (Å²) in [7, 11) is -3.63. The number of benzene rings is 2. The van der Waals surface area contributed by atoms with Crippen LogP contribution in [0.4, 0.5) is 5.69 Å². The molecule has 0 aromatic heterocycles. The number of piperazine rings is 1. The molecule has 0 unspecified atom stereocenters. The van der Waals surface area contributed by atoms with Gasteiger partial charge < -0.3 is 14.5 Å². The standard InChI is InChI=1S/C22H26ClN3O4S/c23-18-3-1-4-19(15-18)25-10-12-26(13-11-25)22(27)17-6-8-21(9-7-17)31(28,29)24-16-20-5-2-14-30-20/h1,3-4,6-9,15,20,24H,2,5,10-14,16H2/t20-/m0/s1. The zero-order valence-electron chi connectivity index (χ0n) is 17.2. The number of anilines is 1. The Morgan fingerprint density at radius 2 is 1.84 bits per heavy atom. The van der Waals surface area contributed by atoms with Crippen LogP contribution in [0.25, 0.3) is 0 Å². The SMILES string of the molecule is O=C(c1ccc(S(=O)(=O)NC[C@@H]2CCCO2)cc1)N1CCN(c2cccc(Cl)c2)CC1. The summed E-state index contributed by atoms with van der Waals surface area (Å²) in [6.07, 6.45) is 1.75. The van der Waals surface area contributed by atoms with Crippen LogP contribution in [-0.4, -0.2) is 64.7 Å². The lowest BCUT2D eigenvalue weighted by atomic mass is 10.1. The third kappa shape index (κ3) is 5.38. The molecule has 2 saturated heterocycles. The van der Waals surface area contributed by atoms with E-state index < -0.39 is 10.0 Å². The van der Waals surface area contributed by atoms with Crippen molar-refractivity contribution >= 4 is 33.2 Å². The number of rotatable bonds is 6. The molecule has 2 aliphatic rings. The highest BCUT2D eigenvalue weighted by atomic mass is 35.5. The number of carbonyl (C=O) groups excluding carboxylic acids is 1. The van der Waals surface area contributed by atoms with Crippen molar-refractivity contribution in [2.45, 2.75) is 23.8 Å². The van der Waals surface area contributed by atoms with Crippen molar-refractivity contribution in [2.24, 2.45) is 0 Å². The molecule has 0 radical (unpaired) electrons. The van der Waals surface area contributed by atoms with Gasteiger partial charge in [0.15, 0.2) is 0 Å². The van der Waals surface area contributed by atoms with E-state index in [0.717, 1.165) is 18.5 Å². The smallest absolute Gasteiger partial charge is 0.253 e. The number of sulfonamides is 1. The van der Waals surface area contributed by atoms with Crippen LogP contribution in [0.2, 0.25) is 5.02 Å². The van der Waals surface area contributed by atoms with Crippen molar-refractivity contribution in [3.8, 4) is 0 Å². The Morgan fingerprint density at radius 1 is 1.10 bits per heavy atom. The van der Waals surface area contributed by atoms with Crippen molar-refractivity contribution in [3.63, 3.8) is 0 Å². The molecule has 4 rings (SSSR count). The largest absolute Gasteiger partial charge is 0.377 e. The van der Waals surface area contributed by atoms with Gasteiger partial charge in [-0.2, -0.15) is 0 Å². The van der Waals surface area contributed by atoms with Gasteiger partial charge in [-0.15, -0.1) is 0 Å². The number of hydrogen-bond donors (Lipinski definition) is 1. The molecule has 1 amide bonds. The van der Waals surface area contributed by atoms with Gasteiger partial charge in [-0.05, 0) is 55.3 Å². The molecule has 2 fully saturated rings. The number of hydrogen-bond acceptors (Lipinski definition) is 5. The third-order valence-corrected chi connectivity index (χ3v) is 7.35. The summed E-state index contributed by atoms with van der Waals surface area (Å²) in [6, 6.07) is 13.8. The van der Waals surface area contributed by atoms with Crippen LogP contribution in [0.3, 0.4) is 0 Å². The average molecular weight is 464 g/mol. The van der Waals surface area contributed by atoms with Gasteiger partial charge in [0.05, 0.1) is 11.0 Å². The van der Waals surface area contributed by atoms with Gasteiger partial charge in [0.1, 0.15) is 0 Å². The zero-order chi connectivity index (χ0) is 21.8. The van der Waals surface area contributed by atoms with Gasteiger partial charge >= 0.3 is 0 Å². The molecule has 0 bridgehead atoms. The molecule has 2 aromatic carbocycles.